The van der Waals surface area contributed by atoms with Crippen molar-refractivity contribution in [1.29, 1.82) is 0 Å². The summed E-state index contributed by atoms with van der Waals surface area (Å²) < 4.78 is 0. The quantitative estimate of drug-likeness (QED) is 0.709. The summed E-state index contributed by atoms with van der Waals surface area (Å²) in [7, 11) is 0. The van der Waals surface area contributed by atoms with Crippen LogP contribution in [0.1, 0.15) is 32.3 Å². The van der Waals surface area contributed by atoms with Gasteiger partial charge >= 0.3 is 0 Å². The summed E-state index contributed by atoms with van der Waals surface area (Å²) in [5.74, 6) is 0. The van der Waals surface area contributed by atoms with E-state index in [0.29, 0.717) is 6.04 Å². The highest BCUT2D eigenvalue weighted by Gasteiger charge is 2.18. The van der Waals surface area contributed by atoms with Crippen LogP contribution in [0, 0.1) is 0 Å². The van der Waals surface area contributed by atoms with Gasteiger partial charge in [0.15, 0.2) is 0 Å². The third-order valence-electron chi connectivity index (χ3n) is 3.14. The van der Waals surface area contributed by atoms with Gasteiger partial charge in [0, 0.05) is 12.6 Å². The molecule has 1 fully saturated rings. The fourth-order valence-corrected chi connectivity index (χ4v) is 1.96. The molecule has 3 heteroatoms. The van der Waals surface area contributed by atoms with Crippen molar-refractivity contribution in [1.82, 2.24) is 5.01 Å². The summed E-state index contributed by atoms with van der Waals surface area (Å²) in [5.41, 5.74) is 2.28. The second-order valence-electron chi connectivity index (χ2n) is 4.36. The SMILES string of the molecule is CCc1ccc(N=NN2CCCC2C)cc1. The third kappa shape index (κ3) is 2.60. The smallest absolute Gasteiger partial charge is 0.0874 e. The van der Waals surface area contributed by atoms with Crippen LogP contribution in [-0.4, -0.2) is 17.6 Å². The predicted molar refractivity (Wildman–Crippen MR) is 65.7 cm³/mol. The standard InChI is InChI=1S/C13H19N3/c1-3-12-6-8-13(9-7-12)14-15-16-10-4-5-11(16)2/h6-9,11H,3-5,10H2,1-2H3. The van der Waals surface area contributed by atoms with E-state index in [4.69, 9.17) is 0 Å². The first-order valence-electron chi connectivity index (χ1n) is 6.07. The van der Waals surface area contributed by atoms with Crippen LogP contribution in [0.5, 0.6) is 0 Å². The van der Waals surface area contributed by atoms with Gasteiger partial charge in [-0.25, -0.2) is 0 Å². The molecular weight excluding hydrogens is 198 g/mol. The number of benzene rings is 1. The first kappa shape index (κ1) is 11.1. The zero-order chi connectivity index (χ0) is 11.4. The zero-order valence-electron chi connectivity index (χ0n) is 10.1. The van der Waals surface area contributed by atoms with E-state index in [1.165, 1.54) is 18.4 Å². The van der Waals surface area contributed by atoms with E-state index >= 15 is 0 Å². The number of hydrogen-bond donors (Lipinski definition) is 0. The molecule has 0 amide bonds. The summed E-state index contributed by atoms with van der Waals surface area (Å²) in [6.45, 7) is 5.40. The first-order chi connectivity index (χ1) is 7.79. The molecule has 0 aromatic heterocycles. The number of rotatable bonds is 3. The number of hydrogen-bond acceptors (Lipinski definition) is 2. The lowest BCUT2D eigenvalue weighted by Crippen LogP contribution is -2.19. The molecule has 16 heavy (non-hydrogen) atoms. The summed E-state index contributed by atoms with van der Waals surface area (Å²) in [4.78, 5) is 0. The zero-order valence-corrected chi connectivity index (χ0v) is 10.1. The normalized spacial score (nSPS) is 20.9. The highest BCUT2D eigenvalue weighted by atomic mass is 15.6. The number of nitrogens with zero attached hydrogens (tertiary/aromatic N) is 3. The highest BCUT2D eigenvalue weighted by Crippen LogP contribution is 2.19. The second kappa shape index (κ2) is 5.10. The Balaban J connectivity index is 1.99. The Labute approximate surface area is 97.2 Å². The van der Waals surface area contributed by atoms with E-state index in [2.05, 4.69) is 41.3 Å². The van der Waals surface area contributed by atoms with Gasteiger partial charge in [-0.05, 0) is 43.9 Å². The van der Waals surface area contributed by atoms with Gasteiger partial charge in [0.1, 0.15) is 0 Å². The summed E-state index contributed by atoms with van der Waals surface area (Å²) in [6.07, 6.45) is 3.53. The van der Waals surface area contributed by atoms with Crippen LogP contribution in [0.2, 0.25) is 0 Å². The van der Waals surface area contributed by atoms with Crippen molar-refractivity contribution in [3.05, 3.63) is 29.8 Å². The van der Waals surface area contributed by atoms with Crippen molar-refractivity contribution in [2.75, 3.05) is 6.54 Å². The first-order valence-corrected chi connectivity index (χ1v) is 6.07. The molecule has 0 saturated carbocycles. The molecule has 3 nitrogen and oxygen atoms in total. The van der Waals surface area contributed by atoms with Crippen molar-refractivity contribution >= 4 is 5.69 Å². The molecule has 0 bridgehead atoms. The van der Waals surface area contributed by atoms with Crippen molar-refractivity contribution < 1.29 is 0 Å². The van der Waals surface area contributed by atoms with Gasteiger partial charge in [0.2, 0.25) is 0 Å². The van der Waals surface area contributed by atoms with Gasteiger partial charge in [-0.3, -0.25) is 5.01 Å². The molecule has 1 saturated heterocycles. The largest absolute Gasteiger partial charge is 0.276 e. The van der Waals surface area contributed by atoms with Gasteiger partial charge in [-0.2, -0.15) is 0 Å². The van der Waals surface area contributed by atoms with Crippen molar-refractivity contribution in [2.45, 2.75) is 39.2 Å². The Hall–Kier alpha value is -1.38. The van der Waals surface area contributed by atoms with Gasteiger partial charge in [-0.15, -0.1) is 5.11 Å². The average molecular weight is 217 g/mol. The maximum Gasteiger partial charge on any atom is 0.0874 e. The fourth-order valence-electron chi connectivity index (χ4n) is 1.96. The highest BCUT2D eigenvalue weighted by molar-refractivity contribution is 5.37. The Morgan fingerprint density at radius 1 is 1.31 bits per heavy atom. The molecule has 1 atom stereocenters. The maximum absolute atomic E-state index is 4.29. The monoisotopic (exact) mass is 217 g/mol. The van der Waals surface area contributed by atoms with E-state index in [-0.39, 0.29) is 0 Å². The van der Waals surface area contributed by atoms with Crippen LogP contribution in [0.15, 0.2) is 34.6 Å². The second-order valence-corrected chi connectivity index (χ2v) is 4.36. The molecule has 1 aromatic rings. The fraction of sp³-hybridized carbons (Fsp3) is 0.538. The van der Waals surface area contributed by atoms with Crippen LogP contribution in [0.3, 0.4) is 0 Å². The molecule has 0 radical (unpaired) electrons. The molecule has 0 spiro atoms. The van der Waals surface area contributed by atoms with Gasteiger partial charge < -0.3 is 0 Å². The van der Waals surface area contributed by atoms with E-state index < -0.39 is 0 Å². The van der Waals surface area contributed by atoms with Gasteiger partial charge in [-0.1, -0.05) is 24.3 Å². The molecule has 1 heterocycles. The Bertz CT molecular complexity index is 356. The molecule has 2 rings (SSSR count). The molecule has 1 aliphatic heterocycles. The maximum atomic E-state index is 4.29. The average Bonchev–Trinajstić information content (AvgIpc) is 2.73. The summed E-state index contributed by atoms with van der Waals surface area (Å²) >= 11 is 0. The lowest BCUT2D eigenvalue weighted by atomic mass is 10.2. The number of aryl methyl sites for hydroxylation is 1. The van der Waals surface area contributed by atoms with E-state index in [1.807, 2.05) is 12.1 Å². The van der Waals surface area contributed by atoms with Crippen LogP contribution in [-0.2, 0) is 6.42 Å². The summed E-state index contributed by atoms with van der Waals surface area (Å²) in [6, 6.07) is 8.83. The Kier molecular flexibility index (Phi) is 3.54. The lowest BCUT2D eigenvalue weighted by molar-refractivity contribution is 0.265. The minimum Gasteiger partial charge on any atom is -0.276 e. The van der Waals surface area contributed by atoms with Crippen molar-refractivity contribution in [3.63, 3.8) is 0 Å². The predicted octanol–water partition coefficient (Wildman–Crippen LogP) is 3.73. The van der Waals surface area contributed by atoms with Gasteiger partial charge in [0.05, 0.1) is 5.69 Å². The summed E-state index contributed by atoms with van der Waals surface area (Å²) in [5, 5.41) is 10.6. The van der Waals surface area contributed by atoms with E-state index in [1.54, 1.807) is 0 Å². The van der Waals surface area contributed by atoms with Crippen LogP contribution < -0.4 is 0 Å². The van der Waals surface area contributed by atoms with Crippen LogP contribution in [0.4, 0.5) is 5.69 Å². The molecule has 0 aliphatic carbocycles. The Morgan fingerprint density at radius 2 is 2.06 bits per heavy atom. The molecule has 86 valence electrons. The van der Waals surface area contributed by atoms with Gasteiger partial charge in [0.25, 0.3) is 0 Å². The van der Waals surface area contributed by atoms with E-state index in [9.17, 15) is 0 Å². The molecule has 1 unspecified atom stereocenters. The Morgan fingerprint density at radius 3 is 2.62 bits per heavy atom. The lowest BCUT2D eigenvalue weighted by Gasteiger charge is -2.14. The van der Waals surface area contributed by atoms with Crippen LogP contribution in [0.25, 0.3) is 0 Å². The molecule has 1 aromatic carbocycles. The van der Waals surface area contributed by atoms with Crippen molar-refractivity contribution in [2.24, 2.45) is 10.3 Å². The minimum absolute atomic E-state index is 0.540. The molecular formula is C13H19N3. The molecule has 0 N–H and O–H groups in total. The van der Waals surface area contributed by atoms with E-state index in [0.717, 1.165) is 18.7 Å². The third-order valence-corrected chi connectivity index (χ3v) is 3.14. The molecule has 1 aliphatic rings. The topological polar surface area (TPSA) is 28.0 Å². The van der Waals surface area contributed by atoms with Crippen LogP contribution >= 0.6 is 0 Å². The minimum atomic E-state index is 0.540. The van der Waals surface area contributed by atoms with Crippen molar-refractivity contribution in [3.8, 4) is 0 Å².